The average molecular weight is 349 g/mol. The van der Waals surface area contributed by atoms with Crippen LogP contribution in [-0.4, -0.2) is 38.9 Å². The fraction of sp³-hybridized carbons (Fsp3) is 0.263. The van der Waals surface area contributed by atoms with E-state index in [2.05, 4.69) is 20.6 Å². The van der Waals surface area contributed by atoms with Gasteiger partial charge in [0.05, 0.1) is 18.4 Å². The van der Waals surface area contributed by atoms with Crippen LogP contribution in [0.4, 0.5) is 0 Å². The van der Waals surface area contributed by atoms with Gasteiger partial charge in [0.15, 0.2) is 5.65 Å². The van der Waals surface area contributed by atoms with E-state index in [0.717, 1.165) is 17.6 Å². The third kappa shape index (κ3) is 3.28. The highest BCUT2D eigenvalue weighted by atomic mass is 16.2. The van der Waals surface area contributed by atoms with Gasteiger partial charge in [-0.3, -0.25) is 9.59 Å². The fourth-order valence-corrected chi connectivity index (χ4v) is 3.12. The maximum absolute atomic E-state index is 12.4. The van der Waals surface area contributed by atoms with Crippen molar-refractivity contribution < 1.29 is 9.59 Å². The lowest BCUT2D eigenvalue weighted by Gasteiger charge is -2.22. The van der Waals surface area contributed by atoms with E-state index >= 15 is 0 Å². The molecule has 1 fully saturated rings. The number of hydrogen-bond donors (Lipinski definition) is 2. The van der Waals surface area contributed by atoms with Gasteiger partial charge in [-0.25, -0.2) is 9.97 Å². The Morgan fingerprint density at radius 1 is 1.27 bits per heavy atom. The summed E-state index contributed by atoms with van der Waals surface area (Å²) in [6.07, 6.45) is 4.76. The maximum Gasteiger partial charge on any atom is 0.253 e. The lowest BCUT2D eigenvalue weighted by atomic mass is 10.1. The van der Waals surface area contributed by atoms with Crippen molar-refractivity contribution in [1.82, 2.24) is 25.2 Å². The molecule has 0 spiro atoms. The minimum atomic E-state index is -0.484. The Morgan fingerprint density at radius 2 is 2.12 bits per heavy atom. The summed E-state index contributed by atoms with van der Waals surface area (Å²) < 4.78 is 1.95. The molecule has 3 aromatic rings. The molecular formula is C19H19N5O2. The van der Waals surface area contributed by atoms with Gasteiger partial charge in [-0.1, -0.05) is 30.3 Å². The zero-order valence-corrected chi connectivity index (χ0v) is 14.2. The topological polar surface area (TPSA) is 88.9 Å². The van der Waals surface area contributed by atoms with Crippen LogP contribution < -0.4 is 10.6 Å². The van der Waals surface area contributed by atoms with E-state index in [1.807, 2.05) is 34.9 Å². The number of piperidine rings is 1. The maximum atomic E-state index is 12.4. The van der Waals surface area contributed by atoms with Crippen LogP contribution in [0, 0.1) is 0 Å². The van der Waals surface area contributed by atoms with E-state index in [1.54, 1.807) is 12.4 Å². The number of pyridine rings is 1. The minimum absolute atomic E-state index is 0.134. The second-order valence-electron chi connectivity index (χ2n) is 6.38. The van der Waals surface area contributed by atoms with Crippen molar-refractivity contribution in [2.24, 2.45) is 0 Å². The third-order valence-electron chi connectivity index (χ3n) is 4.50. The molecule has 1 saturated heterocycles. The Morgan fingerprint density at radius 3 is 2.92 bits per heavy atom. The van der Waals surface area contributed by atoms with E-state index in [9.17, 15) is 9.59 Å². The van der Waals surface area contributed by atoms with Crippen LogP contribution in [0.3, 0.4) is 0 Å². The fourth-order valence-electron chi connectivity index (χ4n) is 3.12. The van der Waals surface area contributed by atoms with Crippen molar-refractivity contribution >= 4 is 23.0 Å². The van der Waals surface area contributed by atoms with Gasteiger partial charge in [-0.2, -0.15) is 0 Å². The molecule has 4 rings (SSSR count). The molecule has 0 aliphatic carbocycles. The molecule has 0 bridgehead atoms. The summed E-state index contributed by atoms with van der Waals surface area (Å²) in [6.45, 7) is 1.33. The van der Waals surface area contributed by atoms with Crippen molar-refractivity contribution in [3.05, 3.63) is 60.0 Å². The number of carbonyl (C=O) groups excluding carboxylic acids is 2. The standard InChI is InChI=1S/C19H19N5O2/c25-18(23-15-7-4-8-20-19(15)26)14-9-16-17(21-10-14)24(12-22-16)11-13-5-2-1-3-6-13/h1-3,5-6,9-10,12,15H,4,7-8,11H2,(H,20,26)(H,23,25). The van der Waals surface area contributed by atoms with Gasteiger partial charge < -0.3 is 15.2 Å². The van der Waals surface area contributed by atoms with E-state index in [-0.39, 0.29) is 11.8 Å². The molecule has 1 aromatic carbocycles. The Labute approximate surface area is 150 Å². The van der Waals surface area contributed by atoms with Crippen LogP contribution in [-0.2, 0) is 11.3 Å². The SMILES string of the molecule is O=C(NC1CCCNC1=O)c1cnc2c(c1)ncn2Cc1ccccc1. The summed E-state index contributed by atoms with van der Waals surface area (Å²) in [5.74, 6) is -0.440. The highest BCUT2D eigenvalue weighted by Crippen LogP contribution is 2.14. The molecule has 2 aromatic heterocycles. The normalized spacial score (nSPS) is 17.1. The molecule has 1 atom stereocenters. The Balaban J connectivity index is 1.53. The second kappa shape index (κ2) is 6.95. The van der Waals surface area contributed by atoms with Gasteiger partial charge in [-0.15, -0.1) is 0 Å². The van der Waals surface area contributed by atoms with Gasteiger partial charge >= 0.3 is 0 Å². The summed E-state index contributed by atoms with van der Waals surface area (Å²) >= 11 is 0. The summed E-state index contributed by atoms with van der Waals surface area (Å²) in [7, 11) is 0. The van der Waals surface area contributed by atoms with Crippen LogP contribution in [0.15, 0.2) is 48.9 Å². The largest absolute Gasteiger partial charge is 0.354 e. The number of nitrogens with one attached hydrogen (secondary N) is 2. The van der Waals surface area contributed by atoms with Crippen LogP contribution in [0.25, 0.3) is 11.2 Å². The summed E-state index contributed by atoms with van der Waals surface area (Å²) in [5.41, 5.74) is 2.93. The van der Waals surface area contributed by atoms with E-state index in [4.69, 9.17) is 0 Å². The van der Waals surface area contributed by atoms with Crippen LogP contribution in [0.2, 0.25) is 0 Å². The van der Waals surface area contributed by atoms with Crippen LogP contribution in [0.1, 0.15) is 28.8 Å². The van der Waals surface area contributed by atoms with Crippen molar-refractivity contribution in [2.45, 2.75) is 25.4 Å². The molecule has 2 amide bonds. The number of benzene rings is 1. The Hall–Kier alpha value is -3.22. The molecule has 1 aliphatic heterocycles. The second-order valence-corrected chi connectivity index (χ2v) is 6.38. The molecule has 0 saturated carbocycles. The lowest BCUT2D eigenvalue weighted by Crippen LogP contribution is -2.50. The molecule has 7 nitrogen and oxygen atoms in total. The highest BCUT2D eigenvalue weighted by Gasteiger charge is 2.24. The molecule has 1 unspecified atom stereocenters. The summed E-state index contributed by atoms with van der Waals surface area (Å²) in [4.78, 5) is 33.0. The molecule has 1 aliphatic rings. The number of aromatic nitrogens is 3. The predicted molar refractivity (Wildman–Crippen MR) is 96.6 cm³/mol. The summed E-state index contributed by atoms with van der Waals surface area (Å²) in [6, 6.07) is 11.3. The van der Waals surface area contributed by atoms with Crippen molar-refractivity contribution in [3.63, 3.8) is 0 Å². The number of nitrogens with zero attached hydrogens (tertiary/aromatic N) is 3. The number of hydrogen-bond acceptors (Lipinski definition) is 4. The Bertz CT molecular complexity index is 951. The van der Waals surface area contributed by atoms with Crippen molar-refractivity contribution in [3.8, 4) is 0 Å². The number of imidazole rings is 1. The van der Waals surface area contributed by atoms with Gasteiger partial charge in [0, 0.05) is 12.7 Å². The van der Waals surface area contributed by atoms with E-state index in [0.29, 0.717) is 30.6 Å². The molecule has 7 heteroatoms. The highest BCUT2D eigenvalue weighted by molar-refractivity contribution is 5.99. The predicted octanol–water partition coefficient (Wildman–Crippen LogP) is 1.49. The van der Waals surface area contributed by atoms with E-state index in [1.165, 1.54) is 6.20 Å². The van der Waals surface area contributed by atoms with Crippen LogP contribution >= 0.6 is 0 Å². The van der Waals surface area contributed by atoms with E-state index < -0.39 is 6.04 Å². The third-order valence-corrected chi connectivity index (χ3v) is 4.50. The number of rotatable bonds is 4. The average Bonchev–Trinajstić information content (AvgIpc) is 3.06. The molecule has 132 valence electrons. The lowest BCUT2D eigenvalue weighted by molar-refractivity contribution is -0.124. The summed E-state index contributed by atoms with van der Waals surface area (Å²) in [5, 5.41) is 5.53. The van der Waals surface area contributed by atoms with Crippen molar-refractivity contribution in [1.29, 1.82) is 0 Å². The van der Waals surface area contributed by atoms with Crippen LogP contribution in [0.5, 0.6) is 0 Å². The van der Waals surface area contributed by atoms with Gasteiger partial charge in [0.25, 0.3) is 5.91 Å². The zero-order valence-electron chi connectivity index (χ0n) is 14.2. The number of fused-ring (bicyclic) bond motifs is 1. The monoisotopic (exact) mass is 349 g/mol. The first kappa shape index (κ1) is 16.3. The van der Waals surface area contributed by atoms with Gasteiger partial charge in [0.2, 0.25) is 5.91 Å². The first-order chi connectivity index (χ1) is 12.7. The van der Waals surface area contributed by atoms with Gasteiger partial charge in [0.1, 0.15) is 11.6 Å². The number of carbonyl (C=O) groups is 2. The minimum Gasteiger partial charge on any atom is -0.354 e. The first-order valence-electron chi connectivity index (χ1n) is 8.64. The Kier molecular flexibility index (Phi) is 4.35. The molecule has 2 N–H and O–H groups in total. The molecule has 26 heavy (non-hydrogen) atoms. The molecule has 0 radical (unpaired) electrons. The van der Waals surface area contributed by atoms with Gasteiger partial charge in [-0.05, 0) is 24.5 Å². The quantitative estimate of drug-likeness (QED) is 0.747. The molecule has 3 heterocycles. The zero-order chi connectivity index (χ0) is 17.9. The smallest absolute Gasteiger partial charge is 0.253 e. The number of amides is 2. The first-order valence-corrected chi connectivity index (χ1v) is 8.64. The van der Waals surface area contributed by atoms with Crippen molar-refractivity contribution in [2.75, 3.05) is 6.54 Å². The molecular weight excluding hydrogens is 330 g/mol.